The Morgan fingerprint density at radius 1 is 1.05 bits per heavy atom. The molecule has 0 bridgehead atoms. The van der Waals surface area contributed by atoms with Gasteiger partial charge in [-0.2, -0.15) is 0 Å². The summed E-state index contributed by atoms with van der Waals surface area (Å²) in [6.07, 6.45) is 0.202. The molecule has 10 nitrogen and oxygen atoms in total. The van der Waals surface area contributed by atoms with Crippen LogP contribution < -0.4 is 5.32 Å². The number of anilines is 1. The van der Waals surface area contributed by atoms with Crippen molar-refractivity contribution in [1.82, 2.24) is 14.8 Å². The zero-order chi connectivity index (χ0) is 26.5. The third-order valence-corrected chi connectivity index (χ3v) is 6.43. The number of nitro groups is 1. The van der Waals surface area contributed by atoms with Crippen molar-refractivity contribution in [2.75, 3.05) is 5.32 Å². The monoisotopic (exact) mass is 517 g/mol. The molecule has 188 valence electrons. The van der Waals surface area contributed by atoms with Gasteiger partial charge in [0.1, 0.15) is 6.33 Å². The van der Waals surface area contributed by atoms with Crippen molar-refractivity contribution in [2.45, 2.75) is 30.0 Å². The van der Waals surface area contributed by atoms with E-state index in [9.17, 15) is 19.7 Å². The Labute approximate surface area is 216 Å². The van der Waals surface area contributed by atoms with E-state index < -0.39 is 22.9 Å². The third-order valence-electron chi connectivity index (χ3n) is 5.32. The van der Waals surface area contributed by atoms with Crippen molar-refractivity contribution in [2.24, 2.45) is 7.05 Å². The lowest BCUT2D eigenvalue weighted by atomic mass is 10.1. The molecule has 1 amide bonds. The number of nitrogens with zero attached hydrogens (tertiary/aromatic N) is 4. The number of nitrogens with one attached hydrogen (secondary N) is 1. The molecule has 0 aliphatic rings. The summed E-state index contributed by atoms with van der Waals surface area (Å²) >= 11 is 1.05. The standard InChI is InChI=1S/C26H23N5O5S/c1-16-11-17(2)13-20(12-16)28-24(32)23(18-7-5-4-6-8-18)36-25(33)19-9-10-22(21(14-19)31(34)35)37-26-29-27-15-30(26)3/h4-15,23H,1-3H3,(H,28,32)/t23-/m1/s1. The van der Waals surface area contributed by atoms with Crippen LogP contribution in [0.1, 0.15) is 33.2 Å². The van der Waals surface area contributed by atoms with Crippen LogP contribution in [0.5, 0.6) is 0 Å². The van der Waals surface area contributed by atoms with Gasteiger partial charge in [0.2, 0.25) is 6.10 Å². The first-order valence-corrected chi connectivity index (χ1v) is 12.0. The van der Waals surface area contributed by atoms with E-state index in [1.165, 1.54) is 18.5 Å². The Bertz CT molecular complexity index is 1450. The lowest BCUT2D eigenvalue weighted by Gasteiger charge is -2.18. The van der Waals surface area contributed by atoms with Crippen molar-refractivity contribution >= 4 is 35.0 Å². The molecule has 11 heteroatoms. The number of hydrogen-bond donors (Lipinski definition) is 1. The molecule has 0 unspecified atom stereocenters. The van der Waals surface area contributed by atoms with Crippen molar-refractivity contribution in [3.8, 4) is 0 Å². The summed E-state index contributed by atoms with van der Waals surface area (Å²) in [5, 5.41) is 22.7. The summed E-state index contributed by atoms with van der Waals surface area (Å²) < 4.78 is 7.23. The summed E-state index contributed by atoms with van der Waals surface area (Å²) in [7, 11) is 1.72. The van der Waals surface area contributed by atoms with Crippen LogP contribution in [0.15, 0.2) is 83.1 Å². The lowest BCUT2D eigenvalue weighted by molar-refractivity contribution is -0.387. The van der Waals surface area contributed by atoms with E-state index >= 15 is 0 Å². The highest BCUT2D eigenvalue weighted by atomic mass is 32.2. The summed E-state index contributed by atoms with van der Waals surface area (Å²) in [5.74, 6) is -1.42. The molecule has 0 spiro atoms. The van der Waals surface area contributed by atoms with E-state index in [0.717, 1.165) is 29.0 Å². The van der Waals surface area contributed by atoms with E-state index in [-0.39, 0.29) is 16.1 Å². The van der Waals surface area contributed by atoms with Gasteiger partial charge in [-0.05, 0) is 61.0 Å². The fraction of sp³-hybridized carbons (Fsp3) is 0.154. The van der Waals surface area contributed by atoms with E-state index in [2.05, 4.69) is 15.5 Å². The Kier molecular flexibility index (Phi) is 7.63. The molecule has 1 N–H and O–H groups in total. The number of rotatable bonds is 8. The highest BCUT2D eigenvalue weighted by Gasteiger charge is 2.28. The first-order valence-electron chi connectivity index (χ1n) is 11.2. The van der Waals surface area contributed by atoms with Gasteiger partial charge in [0.25, 0.3) is 11.6 Å². The molecule has 1 heterocycles. The Hall–Kier alpha value is -4.51. The van der Waals surface area contributed by atoms with Gasteiger partial charge < -0.3 is 14.6 Å². The molecule has 0 saturated carbocycles. The topological polar surface area (TPSA) is 129 Å². The van der Waals surface area contributed by atoms with E-state index in [4.69, 9.17) is 4.74 Å². The third kappa shape index (κ3) is 6.19. The number of benzene rings is 3. The maximum atomic E-state index is 13.2. The number of carbonyl (C=O) groups excluding carboxylic acids is 2. The molecular weight excluding hydrogens is 494 g/mol. The van der Waals surface area contributed by atoms with Crippen LogP contribution in [-0.4, -0.2) is 31.6 Å². The van der Waals surface area contributed by atoms with Crippen molar-refractivity contribution in [1.29, 1.82) is 0 Å². The molecule has 37 heavy (non-hydrogen) atoms. The van der Waals surface area contributed by atoms with Gasteiger partial charge in [-0.15, -0.1) is 10.2 Å². The van der Waals surface area contributed by atoms with Crippen LogP contribution in [0.3, 0.4) is 0 Å². The lowest BCUT2D eigenvalue weighted by Crippen LogP contribution is -2.26. The average molecular weight is 518 g/mol. The van der Waals surface area contributed by atoms with E-state index in [0.29, 0.717) is 16.4 Å². The van der Waals surface area contributed by atoms with Crippen molar-refractivity contribution in [3.63, 3.8) is 0 Å². The van der Waals surface area contributed by atoms with Crippen LogP contribution in [0.4, 0.5) is 11.4 Å². The number of esters is 1. The molecule has 4 rings (SSSR count). The first-order chi connectivity index (χ1) is 17.7. The number of hydrogen-bond acceptors (Lipinski definition) is 8. The minimum absolute atomic E-state index is 0.0610. The van der Waals surface area contributed by atoms with Crippen LogP contribution in [-0.2, 0) is 16.6 Å². The second-order valence-electron chi connectivity index (χ2n) is 8.33. The summed E-state index contributed by atoms with van der Waals surface area (Å²) in [5.41, 5.74) is 2.61. The highest BCUT2D eigenvalue weighted by molar-refractivity contribution is 7.99. The number of aromatic nitrogens is 3. The van der Waals surface area contributed by atoms with Gasteiger partial charge >= 0.3 is 5.97 Å². The molecule has 3 aromatic carbocycles. The number of carbonyl (C=O) groups is 2. The predicted octanol–water partition coefficient (Wildman–Crippen LogP) is 5.03. The Morgan fingerprint density at radius 2 is 1.76 bits per heavy atom. The Balaban J connectivity index is 1.60. The van der Waals surface area contributed by atoms with E-state index in [1.807, 2.05) is 32.0 Å². The second kappa shape index (κ2) is 11.0. The first kappa shape index (κ1) is 25.6. The largest absolute Gasteiger partial charge is 0.444 e. The van der Waals surface area contributed by atoms with Gasteiger partial charge in [0.15, 0.2) is 5.16 Å². The summed E-state index contributed by atoms with van der Waals surface area (Å²) in [4.78, 5) is 37.8. The number of nitro benzene ring substituents is 1. The molecule has 0 aliphatic heterocycles. The van der Waals surface area contributed by atoms with Crippen LogP contribution in [0.2, 0.25) is 0 Å². The van der Waals surface area contributed by atoms with Gasteiger partial charge in [0, 0.05) is 24.4 Å². The maximum absolute atomic E-state index is 13.2. The fourth-order valence-corrected chi connectivity index (χ4v) is 4.52. The molecule has 1 atom stereocenters. The SMILES string of the molecule is Cc1cc(C)cc(NC(=O)[C@H](OC(=O)c2ccc(Sc3nncn3C)c([N+](=O)[O-])c2)c2ccccc2)c1. The van der Waals surface area contributed by atoms with Crippen molar-refractivity contribution in [3.05, 3.63) is 105 Å². The molecule has 0 fully saturated rings. The number of aryl methyl sites for hydroxylation is 3. The molecule has 0 saturated heterocycles. The predicted molar refractivity (Wildman–Crippen MR) is 137 cm³/mol. The van der Waals surface area contributed by atoms with Crippen molar-refractivity contribution < 1.29 is 19.2 Å². The average Bonchev–Trinajstić information content (AvgIpc) is 3.26. The minimum Gasteiger partial charge on any atom is -0.444 e. The summed E-state index contributed by atoms with van der Waals surface area (Å²) in [6.45, 7) is 3.83. The highest BCUT2D eigenvalue weighted by Crippen LogP contribution is 2.34. The molecular formula is C26H23N5O5S. The minimum atomic E-state index is -1.28. The Morgan fingerprint density at radius 3 is 2.38 bits per heavy atom. The quantitative estimate of drug-likeness (QED) is 0.196. The van der Waals surface area contributed by atoms with Crippen LogP contribution in [0, 0.1) is 24.0 Å². The van der Waals surface area contributed by atoms with Crippen LogP contribution >= 0.6 is 11.8 Å². The van der Waals surface area contributed by atoms with Gasteiger partial charge in [-0.3, -0.25) is 14.9 Å². The summed E-state index contributed by atoms with van der Waals surface area (Å²) in [6, 6.07) is 18.2. The van der Waals surface area contributed by atoms with E-state index in [1.54, 1.807) is 41.9 Å². The van der Waals surface area contributed by atoms with Gasteiger partial charge in [-0.1, -0.05) is 36.4 Å². The fourth-order valence-electron chi connectivity index (χ4n) is 3.67. The second-order valence-corrected chi connectivity index (χ2v) is 9.34. The van der Waals surface area contributed by atoms with Gasteiger partial charge in [-0.25, -0.2) is 4.79 Å². The van der Waals surface area contributed by atoms with Gasteiger partial charge in [0.05, 0.1) is 15.4 Å². The molecule has 4 aromatic rings. The molecule has 0 radical (unpaired) electrons. The van der Waals surface area contributed by atoms with Crippen LogP contribution in [0.25, 0.3) is 0 Å². The smallest absolute Gasteiger partial charge is 0.339 e. The number of ether oxygens (including phenoxy) is 1. The maximum Gasteiger partial charge on any atom is 0.339 e. The molecule has 1 aromatic heterocycles. The molecule has 0 aliphatic carbocycles. The number of amides is 1. The zero-order valence-electron chi connectivity index (χ0n) is 20.2. The zero-order valence-corrected chi connectivity index (χ0v) is 21.1. The normalized spacial score (nSPS) is 11.5.